The Kier molecular flexibility index (Phi) is 3.09. The Balaban J connectivity index is 2.67. The van der Waals surface area contributed by atoms with E-state index >= 15 is 0 Å². The molecule has 0 saturated carbocycles. The molecule has 1 heterocycles. The first-order valence-electron chi connectivity index (χ1n) is 4.18. The van der Waals surface area contributed by atoms with Crippen molar-refractivity contribution >= 4 is 5.97 Å². The molecule has 12 heavy (non-hydrogen) atoms. The summed E-state index contributed by atoms with van der Waals surface area (Å²) in [6, 6.07) is 0. The molecule has 66 valence electrons. The van der Waals surface area contributed by atoms with Gasteiger partial charge in [0.2, 0.25) is 0 Å². The third kappa shape index (κ3) is 2.91. The molecule has 1 aliphatic rings. The van der Waals surface area contributed by atoms with Crippen LogP contribution in [0.4, 0.5) is 0 Å². The van der Waals surface area contributed by atoms with Gasteiger partial charge in [-0.05, 0) is 32.3 Å². The Morgan fingerprint density at radius 1 is 1.33 bits per heavy atom. The average molecular weight is 166 g/mol. The number of carbonyl (C=O) groups is 1. The molecule has 2 heteroatoms. The van der Waals surface area contributed by atoms with Crippen molar-refractivity contribution in [1.29, 1.82) is 0 Å². The van der Waals surface area contributed by atoms with Gasteiger partial charge in [-0.1, -0.05) is 11.6 Å². The quantitative estimate of drug-likeness (QED) is 0.407. The van der Waals surface area contributed by atoms with Crippen LogP contribution >= 0.6 is 0 Å². The predicted octanol–water partition coefficient (Wildman–Crippen LogP) is 2.22. The zero-order valence-corrected chi connectivity index (χ0v) is 7.59. The van der Waals surface area contributed by atoms with E-state index in [1.165, 1.54) is 0 Å². The Morgan fingerprint density at radius 2 is 2.08 bits per heavy atom. The lowest BCUT2D eigenvalue weighted by molar-refractivity contribution is -0.136. The lowest BCUT2D eigenvalue weighted by Crippen LogP contribution is -2.02. The summed E-state index contributed by atoms with van der Waals surface area (Å²) in [7, 11) is 0. The fourth-order valence-electron chi connectivity index (χ4n) is 1.11. The molecule has 0 aromatic heterocycles. The van der Waals surface area contributed by atoms with E-state index in [1.807, 2.05) is 13.8 Å². The van der Waals surface area contributed by atoms with Crippen LogP contribution in [0.1, 0.15) is 26.7 Å². The predicted molar refractivity (Wildman–Crippen MR) is 47.7 cm³/mol. The van der Waals surface area contributed by atoms with Crippen molar-refractivity contribution in [2.75, 3.05) is 6.61 Å². The first kappa shape index (κ1) is 9.04. The van der Waals surface area contributed by atoms with Gasteiger partial charge in [0.15, 0.2) is 0 Å². The maximum atomic E-state index is 11.0. The van der Waals surface area contributed by atoms with Crippen molar-refractivity contribution in [3.05, 3.63) is 23.3 Å². The Hall–Kier alpha value is -1.05. The SMILES string of the molecule is CC1=CC(=O)OCC(C)=CCC1. The van der Waals surface area contributed by atoms with E-state index in [0.717, 1.165) is 24.0 Å². The summed E-state index contributed by atoms with van der Waals surface area (Å²) in [6.07, 6.45) is 5.65. The lowest BCUT2D eigenvalue weighted by Gasteiger charge is -1.99. The smallest absolute Gasteiger partial charge is 0.331 e. The minimum absolute atomic E-state index is 0.220. The van der Waals surface area contributed by atoms with E-state index in [2.05, 4.69) is 6.08 Å². The van der Waals surface area contributed by atoms with Crippen molar-refractivity contribution in [3.63, 3.8) is 0 Å². The maximum Gasteiger partial charge on any atom is 0.331 e. The van der Waals surface area contributed by atoms with Crippen LogP contribution in [0.15, 0.2) is 23.3 Å². The molecule has 2 nitrogen and oxygen atoms in total. The minimum Gasteiger partial charge on any atom is -0.458 e. The van der Waals surface area contributed by atoms with Crippen molar-refractivity contribution in [2.24, 2.45) is 0 Å². The highest BCUT2D eigenvalue weighted by Crippen LogP contribution is 2.09. The van der Waals surface area contributed by atoms with Crippen molar-refractivity contribution in [3.8, 4) is 0 Å². The molecule has 0 aromatic rings. The fourth-order valence-corrected chi connectivity index (χ4v) is 1.11. The van der Waals surface area contributed by atoms with Crippen molar-refractivity contribution in [1.82, 2.24) is 0 Å². The molecule has 0 amide bonds. The van der Waals surface area contributed by atoms with E-state index in [9.17, 15) is 4.79 Å². The largest absolute Gasteiger partial charge is 0.458 e. The highest BCUT2D eigenvalue weighted by molar-refractivity contribution is 5.82. The number of carbonyl (C=O) groups excluding carboxylic acids is 1. The first-order valence-corrected chi connectivity index (χ1v) is 4.18. The number of allylic oxidation sites excluding steroid dienone is 2. The van der Waals surface area contributed by atoms with E-state index < -0.39 is 0 Å². The normalized spacial score (nSPS) is 19.7. The van der Waals surface area contributed by atoms with Gasteiger partial charge in [-0.25, -0.2) is 4.79 Å². The molecule has 0 atom stereocenters. The van der Waals surface area contributed by atoms with Gasteiger partial charge in [0.1, 0.15) is 6.61 Å². The molecule has 0 spiro atoms. The molecule has 0 aliphatic carbocycles. The monoisotopic (exact) mass is 166 g/mol. The number of hydrogen-bond acceptors (Lipinski definition) is 2. The molecule has 0 fully saturated rings. The number of rotatable bonds is 0. The van der Waals surface area contributed by atoms with Gasteiger partial charge in [0.25, 0.3) is 0 Å². The standard InChI is InChI=1S/C10H14O2/c1-8-4-3-5-9(2)7-12-10(11)6-8/h5-6H,3-4,7H2,1-2H3. The molecule has 0 unspecified atom stereocenters. The maximum absolute atomic E-state index is 11.0. The van der Waals surface area contributed by atoms with Gasteiger partial charge in [-0.15, -0.1) is 0 Å². The molecule has 1 rings (SSSR count). The van der Waals surface area contributed by atoms with E-state index in [0.29, 0.717) is 6.61 Å². The summed E-state index contributed by atoms with van der Waals surface area (Å²) in [5, 5.41) is 0. The van der Waals surface area contributed by atoms with E-state index in [-0.39, 0.29) is 5.97 Å². The Morgan fingerprint density at radius 3 is 2.83 bits per heavy atom. The second kappa shape index (κ2) is 4.10. The third-order valence-corrected chi connectivity index (χ3v) is 1.84. The fraction of sp³-hybridized carbons (Fsp3) is 0.500. The van der Waals surface area contributed by atoms with Crippen LogP contribution in [0.25, 0.3) is 0 Å². The molecule has 1 aliphatic heterocycles. The topological polar surface area (TPSA) is 26.3 Å². The van der Waals surface area contributed by atoms with Crippen LogP contribution in [0.5, 0.6) is 0 Å². The van der Waals surface area contributed by atoms with Crippen LogP contribution in [-0.4, -0.2) is 12.6 Å². The second-order valence-corrected chi connectivity index (χ2v) is 3.19. The van der Waals surface area contributed by atoms with Crippen molar-refractivity contribution in [2.45, 2.75) is 26.7 Å². The summed E-state index contributed by atoms with van der Waals surface area (Å²) in [4.78, 5) is 11.0. The van der Waals surface area contributed by atoms with Crippen molar-refractivity contribution < 1.29 is 9.53 Å². The van der Waals surface area contributed by atoms with Crippen LogP contribution in [0.2, 0.25) is 0 Å². The molecule has 0 bridgehead atoms. The Labute approximate surface area is 72.9 Å². The molecule has 0 saturated heterocycles. The van der Waals surface area contributed by atoms with E-state index in [1.54, 1.807) is 6.08 Å². The molecule has 0 radical (unpaired) electrons. The zero-order valence-electron chi connectivity index (χ0n) is 7.59. The zero-order chi connectivity index (χ0) is 8.97. The first-order chi connectivity index (χ1) is 5.68. The summed E-state index contributed by atoms with van der Waals surface area (Å²) in [6.45, 7) is 4.37. The van der Waals surface area contributed by atoms with Crippen LogP contribution < -0.4 is 0 Å². The molecule has 0 N–H and O–H groups in total. The van der Waals surface area contributed by atoms with Crippen LogP contribution in [0, 0.1) is 0 Å². The van der Waals surface area contributed by atoms with Gasteiger partial charge < -0.3 is 4.74 Å². The molecular formula is C10H14O2. The van der Waals surface area contributed by atoms with Crippen LogP contribution in [-0.2, 0) is 9.53 Å². The number of hydrogen-bond donors (Lipinski definition) is 0. The average Bonchev–Trinajstić information content (AvgIpc) is 2.05. The number of cyclic esters (lactones) is 1. The van der Waals surface area contributed by atoms with Gasteiger partial charge in [-0.3, -0.25) is 0 Å². The molecule has 0 aromatic carbocycles. The van der Waals surface area contributed by atoms with Gasteiger partial charge in [0, 0.05) is 6.08 Å². The minimum atomic E-state index is -0.220. The van der Waals surface area contributed by atoms with Crippen LogP contribution in [0.3, 0.4) is 0 Å². The number of ether oxygens (including phenoxy) is 1. The van der Waals surface area contributed by atoms with Gasteiger partial charge in [0.05, 0.1) is 0 Å². The summed E-state index contributed by atoms with van der Waals surface area (Å²) in [5.74, 6) is -0.220. The van der Waals surface area contributed by atoms with Gasteiger partial charge in [-0.2, -0.15) is 0 Å². The third-order valence-electron chi connectivity index (χ3n) is 1.84. The number of esters is 1. The highest BCUT2D eigenvalue weighted by Gasteiger charge is 2.02. The molecular weight excluding hydrogens is 152 g/mol. The van der Waals surface area contributed by atoms with E-state index in [4.69, 9.17) is 4.74 Å². The lowest BCUT2D eigenvalue weighted by atomic mass is 10.1. The highest BCUT2D eigenvalue weighted by atomic mass is 16.5. The summed E-state index contributed by atoms with van der Waals surface area (Å²) < 4.78 is 4.96. The summed E-state index contributed by atoms with van der Waals surface area (Å²) >= 11 is 0. The second-order valence-electron chi connectivity index (χ2n) is 3.19. The van der Waals surface area contributed by atoms with Gasteiger partial charge >= 0.3 is 5.97 Å². The summed E-state index contributed by atoms with van der Waals surface area (Å²) in [5.41, 5.74) is 2.22. The Bertz CT molecular complexity index is 236.